The molecule has 0 amide bonds. The van der Waals surface area contributed by atoms with Crippen LogP contribution in [0.4, 0.5) is 0 Å². The van der Waals surface area contributed by atoms with Crippen LogP contribution in [0, 0.1) is 0 Å². The molecule has 2 aliphatic rings. The molecule has 2 aliphatic carbocycles. The second kappa shape index (κ2) is 6.32. The van der Waals surface area contributed by atoms with Gasteiger partial charge in [0, 0.05) is 17.8 Å². The largest absolute Gasteiger partial charge is 0.310 e. The fourth-order valence-electron chi connectivity index (χ4n) is 3.14. The van der Waals surface area contributed by atoms with Crippen LogP contribution in [0.25, 0.3) is 0 Å². The number of thioether (sulfide) groups is 1. The van der Waals surface area contributed by atoms with Gasteiger partial charge in [-0.2, -0.15) is 11.8 Å². The molecule has 19 heavy (non-hydrogen) atoms. The molecule has 0 bridgehead atoms. The van der Waals surface area contributed by atoms with Crippen molar-refractivity contribution < 1.29 is 0 Å². The molecule has 0 unspecified atom stereocenters. The van der Waals surface area contributed by atoms with Gasteiger partial charge in [0.2, 0.25) is 0 Å². The minimum atomic E-state index is 0.744. The zero-order valence-electron chi connectivity index (χ0n) is 11.9. The van der Waals surface area contributed by atoms with E-state index in [0.29, 0.717) is 0 Å². The van der Waals surface area contributed by atoms with Crippen molar-refractivity contribution in [3.8, 4) is 0 Å². The molecule has 1 nitrogen and oxygen atoms in total. The smallest absolute Gasteiger partial charge is 0.0208 e. The van der Waals surface area contributed by atoms with Gasteiger partial charge in [-0.05, 0) is 61.8 Å². The summed E-state index contributed by atoms with van der Waals surface area (Å²) in [6, 6.07) is 9.96. The van der Waals surface area contributed by atoms with E-state index in [1.54, 1.807) is 5.56 Å². The summed E-state index contributed by atoms with van der Waals surface area (Å²) in [6.07, 6.45) is 10.5. The van der Waals surface area contributed by atoms with Crippen LogP contribution >= 0.6 is 11.8 Å². The predicted octanol–water partition coefficient (Wildman–Crippen LogP) is 4.33. The maximum atomic E-state index is 3.76. The van der Waals surface area contributed by atoms with E-state index in [2.05, 4.69) is 35.8 Å². The van der Waals surface area contributed by atoms with Crippen LogP contribution in [-0.4, -0.2) is 17.5 Å². The number of hydrogen-bond acceptors (Lipinski definition) is 2. The van der Waals surface area contributed by atoms with Crippen LogP contribution in [0.3, 0.4) is 0 Å². The van der Waals surface area contributed by atoms with Gasteiger partial charge in [-0.15, -0.1) is 0 Å². The topological polar surface area (TPSA) is 12.0 Å². The third-order valence-corrected chi connectivity index (χ3v) is 5.74. The predicted molar refractivity (Wildman–Crippen MR) is 84.8 cm³/mol. The summed E-state index contributed by atoms with van der Waals surface area (Å²) in [6.45, 7) is 1.05. The Morgan fingerprint density at radius 2 is 1.89 bits per heavy atom. The molecule has 0 aromatic heterocycles. The number of nitrogens with one attached hydrogen (secondary N) is 1. The van der Waals surface area contributed by atoms with Crippen molar-refractivity contribution in [1.82, 2.24) is 5.32 Å². The van der Waals surface area contributed by atoms with Gasteiger partial charge in [-0.25, -0.2) is 0 Å². The molecule has 1 N–H and O–H groups in total. The first-order chi connectivity index (χ1) is 9.35. The lowest BCUT2D eigenvalue weighted by molar-refractivity contribution is 0.379. The number of rotatable bonds is 5. The van der Waals surface area contributed by atoms with Crippen LogP contribution < -0.4 is 5.32 Å². The van der Waals surface area contributed by atoms with E-state index in [1.165, 1.54) is 44.1 Å². The molecule has 2 heteroatoms. The van der Waals surface area contributed by atoms with Gasteiger partial charge in [-0.3, -0.25) is 0 Å². The molecule has 3 rings (SSSR count). The second-order valence-electron chi connectivity index (χ2n) is 6.11. The monoisotopic (exact) mass is 275 g/mol. The van der Waals surface area contributed by atoms with Crippen LogP contribution in [0.15, 0.2) is 24.3 Å². The van der Waals surface area contributed by atoms with Gasteiger partial charge in [0.1, 0.15) is 0 Å². The van der Waals surface area contributed by atoms with Crippen molar-refractivity contribution in [2.24, 2.45) is 0 Å². The van der Waals surface area contributed by atoms with E-state index in [0.717, 1.165) is 23.8 Å². The number of benzene rings is 1. The van der Waals surface area contributed by atoms with E-state index in [1.807, 2.05) is 11.8 Å². The third kappa shape index (κ3) is 3.76. The molecule has 0 saturated heterocycles. The van der Waals surface area contributed by atoms with Gasteiger partial charge < -0.3 is 5.32 Å². The fraction of sp³-hybridized carbons (Fsp3) is 0.647. The Balaban J connectivity index is 1.48. The van der Waals surface area contributed by atoms with Crippen LogP contribution in [-0.2, 0) is 6.54 Å². The zero-order valence-corrected chi connectivity index (χ0v) is 12.7. The summed E-state index contributed by atoms with van der Waals surface area (Å²) in [5, 5.41) is 4.67. The fourth-order valence-corrected chi connectivity index (χ4v) is 3.88. The molecular formula is C17H25NS. The summed E-state index contributed by atoms with van der Waals surface area (Å²) < 4.78 is 0. The maximum absolute atomic E-state index is 3.76. The molecule has 1 aromatic carbocycles. The quantitative estimate of drug-likeness (QED) is 0.858. The normalized spacial score (nSPS) is 27.4. The summed E-state index contributed by atoms with van der Waals surface area (Å²) in [5.74, 6) is 0.872. The van der Waals surface area contributed by atoms with Gasteiger partial charge in [-0.1, -0.05) is 24.3 Å². The molecule has 104 valence electrons. The third-order valence-electron chi connectivity index (χ3n) is 4.60. The Bertz CT molecular complexity index is 405. The molecule has 0 spiro atoms. The summed E-state index contributed by atoms with van der Waals surface area (Å²) in [4.78, 5) is 0. The van der Waals surface area contributed by atoms with Crippen molar-refractivity contribution in [1.29, 1.82) is 0 Å². The highest BCUT2D eigenvalue weighted by Gasteiger charge is 2.23. The van der Waals surface area contributed by atoms with Crippen molar-refractivity contribution in [3.05, 3.63) is 35.4 Å². The van der Waals surface area contributed by atoms with Crippen molar-refractivity contribution in [2.45, 2.75) is 62.3 Å². The Hall–Kier alpha value is -0.470. The van der Waals surface area contributed by atoms with E-state index in [9.17, 15) is 0 Å². The van der Waals surface area contributed by atoms with E-state index in [-0.39, 0.29) is 0 Å². The van der Waals surface area contributed by atoms with E-state index in [4.69, 9.17) is 0 Å². The summed E-state index contributed by atoms with van der Waals surface area (Å²) in [5.41, 5.74) is 3.03. The highest BCUT2D eigenvalue weighted by atomic mass is 32.2. The highest BCUT2D eigenvalue weighted by Crippen LogP contribution is 2.40. The Morgan fingerprint density at radius 3 is 2.58 bits per heavy atom. The Kier molecular flexibility index (Phi) is 4.49. The highest BCUT2D eigenvalue weighted by molar-refractivity contribution is 7.99. The van der Waals surface area contributed by atoms with Crippen molar-refractivity contribution >= 4 is 11.8 Å². The summed E-state index contributed by atoms with van der Waals surface area (Å²) >= 11 is 2.05. The first-order valence-electron chi connectivity index (χ1n) is 7.70. The molecule has 0 atom stereocenters. The lowest BCUT2D eigenvalue weighted by Gasteiger charge is -2.28. The Labute approximate surface area is 121 Å². The van der Waals surface area contributed by atoms with E-state index < -0.39 is 0 Å². The van der Waals surface area contributed by atoms with E-state index >= 15 is 0 Å². The van der Waals surface area contributed by atoms with Gasteiger partial charge in [0.15, 0.2) is 0 Å². The lowest BCUT2D eigenvalue weighted by Crippen LogP contribution is -2.33. The van der Waals surface area contributed by atoms with Crippen LogP contribution in [0.1, 0.15) is 55.6 Å². The average molecular weight is 275 g/mol. The first kappa shape index (κ1) is 13.5. The molecular weight excluding hydrogens is 250 g/mol. The second-order valence-corrected chi connectivity index (χ2v) is 7.25. The van der Waals surface area contributed by atoms with Gasteiger partial charge in [0.25, 0.3) is 0 Å². The van der Waals surface area contributed by atoms with Crippen LogP contribution in [0.2, 0.25) is 0 Å². The minimum absolute atomic E-state index is 0.744. The number of hydrogen-bond donors (Lipinski definition) is 1. The average Bonchev–Trinajstić information content (AvgIpc) is 3.31. The molecule has 0 radical (unpaired) electrons. The van der Waals surface area contributed by atoms with Crippen LogP contribution in [0.5, 0.6) is 0 Å². The molecule has 0 aliphatic heterocycles. The first-order valence-corrected chi connectivity index (χ1v) is 8.99. The maximum Gasteiger partial charge on any atom is 0.0208 e. The molecule has 1 aromatic rings. The SMILES string of the molecule is CSC1CCC(NCc2cccc(C3CC3)c2)CC1. The summed E-state index contributed by atoms with van der Waals surface area (Å²) in [7, 11) is 0. The van der Waals surface area contributed by atoms with Gasteiger partial charge >= 0.3 is 0 Å². The standard InChI is InChI=1S/C17H25NS/c1-19-17-9-7-16(8-10-17)18-12-13-3-2-4-15(11-13)14-5-6-14/h2-4,11,14,16-18H,5-10,12H2,1H3. The molecule has 0 heterocycles. The Morgan fingerprint density at radius 1 is 1.11 bits per heavy atom. The lowest BCUT2D eigenvalue weighted by atomic mass is 9.94. The minimum Gasteiger partial charge on any atom is -0.310 e. The zero-order chi connectivity index (χ0) is 13.1. The molecule has 2 fully saturated rings. The van der Waals surface area contributed by atoms with Crippen molar-refractivity contribution in [2.75, 3.05) is 6.26 Å². The van der Waals surface area contributed by atoms with Crippen molar-refractivity contribution in [3.63, 3.8) is 0 Å². The molecule has 2 saturated carbocycles. The van der Waals surface area contributed by atoms with Gasteiger partial charge in [0.05, 0.1) is 0 Å².